The first-order chi connectivity index (χ1) is 11.3. The second kappa shape index (κ2) is 7.88. The van der Waals surface area contributed by atoms with Gasteiger partial charge >= 0.3 is 0 Å². The zero-order valence-corrected chi connectivity index (χ0v) is 15.4. The van der Waals surface area contributed by atoms with Gasteiger partial charge < -0.3 is 10.2 Å². The molecule has 0 atom stereocenters. The molecule has 0 bridgehead atoms. The Morgan fingerprint density at radius 1 is 1.25 bits per heavy atom. The quantitative estimate of drug-likeness (QED) is 0.789. The number of carbonyl (C=O) groups excluding carboxylic acids is 1. The first-order valence-corrected chi connectivity index (χ1v) is 10.2. The van der Waals surface area contributed by atoms with E-state index in [4.69, 9.17) is 0 Å². The first kappa shape index (κ1) is 18.6. The van der Waals surface area contributed by atoms with Gasteiger partial charge in [-0.15, -0.1) is 0 Å². The van der Waals surface area contributed by atoms with Crippen molar-refractivity contribution in [3.05, 3.63) is 23.8 Å². The van der Waals surface area contributed by atoms with Crippen LogP contribution in [0.4, 0.5) is 11.4 Å². The van der Waals surface area contributed by atoms with Crippen molar-refractivity contribution in [2.75, 3.05) is 35.0 Å². The van der Waals surface area contributed by atoms with E-state index in [1.807, 2.05) is 19.9 Å². The fraction of sp³-hybridized carbons (Fsp3) is 0.588. The summed E-state index contributed by atoms with van der Waals surface area (Å²) in [7, 11) is -3.37. The highest BCUT2D eigenvalue weighted by molar-refractivity contribution is 7.92. The summed E-state index contributed by atoms with van der Waals surface area (Å²) in [6.45, 7) is 8.08. The van der Waals surface area contributed by atoms with Crippen LogP contribution in [-0.4, -0.2) is 39.7 Å². The van der Waals surface area contributed by atoms with Gasteiger partial charge in [-0.25, -0.2) is 8.42 Å². The normalized spacial score (nSPS) is 14.9. The number of carbonyl (C=O) groups is 1. The molecule has 0 radical (unpaired) electrons. The van der Waals surface area contributed by atoms with Gasteiger partial charge in [0.05, 0.1) is 11.3 Å². The van der Waals surface area contributed by atoms with E-state index in [1.165, 1.54) is 0 Å². The van der Waals surface area contributed by atoms with Crippen LogP contribution in [0.2, 0.25) is 0 Å². The average molecular weight is 353 g/mol. The molecule has 1 aromatic carbocycles. The van der Waals surface area contributed by atoms with Gasteiger partial charge in [0.25, 0.3) is 5.91 Å². The minimum atomic E-state index is -3.37. The van der Waals surface area contributed by atoms with E-state index in [0.29, 0.717) is 23.7 Å². The zero-order valence-electron chi connectivity index (χ0n) is 14.6. The van der Waals surface area contributed by atoms with Gasteiger partial charge in [0.2, 0.25) is 10.0 Å². The molecule has 1 aromatic rings. The van der Waals surface area contributed by atoms with Gasteiger partial charge in [0.1, 0.15) is 0 Å². The molecule has 0 saturated carbocycles. The molecule has 1 amide bonds. The van der Waals surface area contributed by atoms with Crippen molar-refractivity contribution >= 4 is 27.3 Å². The van der Waals surface area contributed by atoms with Crippen molar-refractivity contribution in [2.24, 2.45) is 5.92 Å². The first-order valence-electron chi connectivity index (χ1n) is 8.50. The molecular weight excluding hydrogens is 326 g/mol. The standard InChI is InChI=1S/C17H27N3O3S/c1-4-24(22,23)19-14-7-8-16(20-9-5-6-10-20)15(11-14)17(21)18-12-13(2)3/h7-8,11,13,19H,4-6,9-10,12H2,1-3H3,(H,18,21). The Kier molecular flexibility index (Phi) is 6.10. The molecule has 2 N–H and O–H groups in total. The minimum absolute atomic E-state index is 0.00421. The smallest absolute Gasteiger partial charge is 0.253 e. The molecule has 0 unspecified atom stereocenters. The summed E-state index contributed by atoms with van der Waals surface area (Å²) in [4.78, 5) is 14.8. The molecule has 0 spiro atoms. The summed E-state index contributed by atoms with van der Waals surface area (Å²) in [5, 5.41) is 2.92. The van der Waals surface area contributed by atoms with E-state index >= 15 is 0 Å². The van der Waals surface area contributed by atoms with Gasteiger partial charge in [0, 0.05) is 31.0 Å². The molecule has 24 heavy (non-hydrogen) atoms. The highest BCUT2D eigenvalue weighted by Crippen LogP contribution is 2.28. The Hall–Kier alpha value is -1.76. The third kappa shape index (κ3) is 4.87. The SMILES string of the molecule is CCS(=O)(=O)Nc1ccc(N2CCCC2)c(C(=O)NCC(C)C)c1. The predicted molar refractivity (Wildman–Crippen MR) is 98.1 cm³/mol. The fourth-order valence-electron chi connectivity index (χ4n) is 2.66. The maximum absolute atomic E-state index is 12.6. The maximum atomic E-state index is 12.6. The Labute approximate surface area is 144 Å². The molecule has 1 fully saturated rings. The third-order valence-corrected chi connectivity index (χ3v) is 5.32. The highest BCUT2D eigenvalue weighted by atomic mass is 32.2. The highest BCUT2D eigenvalue weighted by Gasteiger charge is 2.21. The van der Waals surface area contributed by atoms with E-state index in [2.05, 4.69) is 14.9 Å². The number of hydrogen-bond acceptors (Lipinski definition) is 4. The Bertz CT molecular complexity index is 680. The van der Waals surface area contributed by atoms with Gasteiger partial charge in [-0.05, 0) is 43.9 Å². The van der Waals surface area contributed by atoms with Crippen LogP contribution in [0.15, 0.2) is 18.2 Å². The number of rotatable bonds is 7. The molecule has 1 saturated heterocycles. The van der Waals surface area contributed by atoms with Crippen molar-refractivity contribution in [1.29, 1.82) is 0 Å². The summed E-state index contributed by atoms with van der Waals surface area (Å²) in [6, 6.07) is 5.19. The zero-order chi connectivity index (χ0) is 17.7. The van der Waals surface area contributed by atoms with Gasteiger partial charge in [0.15, 0.2) is 0 Å². The van der Waals surface area contributed by atoms with Crippen LogP contribution in [-0.2, 0) is 10.0 Å². The van der Waals surface area contributed by atoms with Crippen LogP contribution >= 0.6 is 0 Å². The minimum Gasteiger partial charge on any atom is -0.371 e. The molecule has 0 aromatic heterocycles. The van der Waals surface area contributed by atoms with Gasteiger partial charge in [-0.1, -0.05) is 13.8 Å². The Balaban J connectivity index is 2.31. The van der Waals surface area contributed by atoms with E-state index in [9.17, 15) is 13.2 Å². The van der Waals surface area contributed by atoms with Crippen LogP contribution in [0.3, 0.4) is 0 Å². The Morgan fingerprint density at radius 3 is 2.50 bits per heavy atom. The second-order valence-corrected chi connectivity index (χ2v) is 8.55. The van der Waals surface area contributed by atoms with E-state index < -0.39 is 10.0 Å². The average Bonchev–Trinajstić information content (AvgIpc) is 3.06. The predicted octanol–water partition coefficient (Wildman–Crippen LogP) is 2.43. The molecule has 6 nitrogen and oxygen atoms in total. The molecule has 7 heteroatoms. The lowest BCUT2D eigenvalue weighted by Gasteiger charge is -2.22. The summed E-state index contributed by atoms with van der Waals surface area (Å²) in [5.41, 5.74) is 1.82. The topological polar surface area (TPSA) is 78.5 Å². The largest absolute Gasteiger partial charge is 0.371 e. The van der Waals surface area contributed by atoms with Crippen LogP contribution in [0.25, 0.3) is 0 Å². The number of sulfonamides is 1. The number of benzene rings is 1. The van der Waals surface area contributed by atoms with Gasteiger partial charge in [-0.2, -0.15) is 0 Å². The molecule has 2 rings (SSSR count). The summed E-state index contributed by atoms with van der Waals surface area (Å²) in [5.74, 6) is 0.185. The van der Waals surface area contributed by atoms with Crippen molar-refractivity contribution in [1.82, 2.24) is 5.32 Å². The number of nitrogens with zero attached hydrogens (tertiary/aromatic N) is 1. The molecule has 1 heterocycles. The number of amides is 1. The van der Waals surface area contributed by atoms with E-state index in [0.717, 1.165) is 31.6 Å². The van der Waals surface area contributed by atoms with Crippen molar-refractivity contribution in [3.8, 4) is 0 Å². The van der Waals surface area contributed by atoms with Crippen molar-refractivity contribution < 1.29 is 13.2 Å². The number of hydrogen-bond donors (Lipinski definition) is 2. The molecule has 1 aliphatic rings. The summed E-state index contributed by atoms with van der Waals surface area (Å²) < 4.78 is 26.1. The fourth-order valence-corrected chi connectivity index (χ4v) is 3.29. The van der Waals surface area contributed by atoms with E-state index in [1.54, 1.807) is 19.1 Å². The third-order valence-electron chi connectivity index (χ3n) is 4.01. The monoisotopic (exact) mass is 353 g/mol. The van der Waals surface area contributed by atoms with Crippen molar-refractivity contribution in [3.63, 3.8) is 0 Å². The summed E-state index contributed by atoms with van der Waals surface area (Å²) in [6.07, 6.45) is 2.22. The number of anilines is 2. The lowest BCUT2D eigenvalue weighted by molar-refractivity contribution is 0.0949. The number of nitrogens with one attached hydrogen (secondary N) is 2. The van der Waals surface area contributed by atoms with Crippen LogP contribution in [0.5, 0.6) is 0 Å². The maximum Gasteiger partial charge on any atom is 0.253 e. The van der Waals surface area contributed by atoms with Crippen LogP contribution < -0.4 is 14.9 Å². The van der Waals surface area contributed by atoms with E-state index in [-0.39, 0.29) is 11.7 Å². The second-order valence-electron chi connectivity index (χ2n) is 6.54. The van der Waals surface area contributed by atoms with Crippen molar-refractivity contribution in [2.45, 2.75) is 33.6 Å². The molecule has 1 aliphatic heterocycles. The molecule has 134 valence electrons. The van der Waals surface area contributed by atoms with Gasteiger partial charge in [-0.3, -0.25) is 9.52 Å². The lowest BCUT2D eigenvalue weighted by atomic mass is 10.1. The summed E-state index contributed by atoms with van der Waals surface area (Å²) >= 11 is 0. The molecular formula is C17H27N3O3S. The lowest BCUT2D eigenvalue weighted by Crippen LogP contribution is -2.30. The molecule has 0 aliphatic carbocycles. The Morgan fingerprint density at radius 2 is 1.92 bits per heavy atom. The van der Waals surface area contributed by atoms with Crippen LogP contribution in [0.1, 0.15) is 44.0 Å². The van der Waals surface area contributed by atoms with Crippen LogP contribution in [0, 0.1) is 5.92 Å².